The average Bonchev–Trinajstić information content (AvgIpc) is 2.36. The van der Waals surface area contributed by atoms with Crippen LogP contribution in [0.3, 0.4) is 0 Å². The number of carbonyl (C=O) groups excluding carboxylic acids is 1. The number of piperidine rings is 1. The van der Waals surface area contributed by atoms with Gasteiger partial charge < -0.3 is 9.64 Å². The molecular formula is C17H32N2O3S. The zero-order chi connectivity index (χ0) is 18.1. The molecule has 0 saturated carbocycles. The van der Waals surface area contributed by atoms with Crippen LogP contribution in [-0.2, 0) is 15.7 Å². The Kier molecular flexibility index (Phi) is 6.05. The van der Waals surface area contributed by atoms with Crippen molar-refractivity contribution in [3.63, 3.8) is 0 Å². The minimum Gasteiger partial charge on any atom is -0.444 e. The van der Waals surface area contributed by atoms with Gasteiger partial charge in [-0.1, -0.05) is 6.92 Å². The molecule has 1 aliphatic rings. The largest absolute Gasteiger partial charge is 0.444 e. The van der Waals surface area contributed by atoms with Crippen LogP contribution in [0.1, 0.15) is 68.2 Å². The fourth-order valence-electron chi connectivity index (χ4n) is 2.24. The molecule has 0 aromatic heterocycles. The summed E-state index contributed by atoms with van der Waals surface area (Å²) in [5.74, 6) is 0. The summed E-state index contributed by atoms with van der Waals surface area (Å²) in [4.78, 5) is 13.9. The van der Waals surface area contributed by atoms with Gasteiger partial charge in [-0.15, -0.1) is 0 Å². The summed E-state index contributed by atoms with van der Waals surface area (Å²) in [6, 6.07) is 0. The highest BCUT2D eigenvalue weighted by atomic mass is 32.2. The van der Waals surface area contributed by atoms with Gasteiger partial charge in [0.1, 0.15) is 16.6 Å². The number of hydrogen-bond donors (Lipinski definition) is 0. The van der Waals surface area contributed by atoms with E-state index in [0.717, 1.165) is 18.6 Å². The van der Waals surface area contributed by atoms with E-state index in [2.05, 4.69) is 11.3 Å². The summed E-state index contributed by atoms with van der Waals surface area (Å²) in [7, 11) is -1.24. The van der Waals surface area contributed by atoms with E-state index in [1.807, 2.05) is 48.5 Å². The van der Waals surface area contributed by atoms with Gasteiger partial charge in [-0.05, 0) is 61.3 Å². The SMILES string of the molecule is C/C(=N\[S@](=O)C(C)(C)C)C1(C)CCN(C(=O)OC(C)(C)C)CC1. The lowest BCUT2D eigenvalue weighted by Crippen LogP contribution is -2.46. The van der Waals surface area contributed by atoms with E-state index in [4.69, 9.17) is 4.74 Å². The van der Waals surface area contributed by atoms with Crippen LogP contribution in [0.2, 0.25) is 0 Å². The number of rotatable bonds is 2. The van der Waals surface area contributed by atoms with Gasteiger partial charge in [0.15, 0.2) is 0 Å². The normalized spacial score (nSPS) is 21.0. The average molecular weight is 345 g/mol. The molecule has 23 heavy (non-hydrogen) atoms. The molecule has 0 aliphatic carbocycles. The lowest BCUT2D eigenvalue weighted by molar-refractivity contribution is 0.0165. The van der Waals surface area contributed by atoms with Gasteiger partial charge in [0, 0.05) is 24.2 Å². The Morgan fingerprint density at radius 3 is 2.00 bits per heavy atom. The van der Waals surface area contributed by atoms with E-state index in [-0.39, 0.29) is 16.3 Å². The summed E-state index contributed by atoms with van der Waals surface area (Å²) >= 11 is 0. The number of ether oxygens (including phenoxy) is 1. The summed E-state index contributed by atoms with van der Waals surface area (Å²) in [6.07, 6.45) is 1.36. The quantitative estimate of drug-likeness (QED) is 0.713. The molecule has 134 valence electrons. The molecule has 1 amide bonds. The van der Waals surface area contributed by atoms with Crippen molar-refractivity contribution in [3.8, 4) is 0 Å². The van der Waals surface area contributed by atoms with Crippen molar-refractivity contribution in [1.29, 1.82) is 0 Å². The highest BCUT2D eigenvalue weighted by Crippen LogP contribution is 2.34. The first kappa shape index (κ1) is 20.1. The van der Waals surface area contributed by atoms with E-state index >= 15 is 0 Å². The van der Waals surface area contributed by atoms with Gasteiger partial charge >= 0.3 is 6.09 Å². The highest BCUT2D eigenvalue weighted by molar-refractivity contribution is 7.85. The molecule has 0 spiro atoms. The van der Waals surface area contributed by atoms with Crippen LogP contribution in [0.4, 0.5) is 4.79 Å². The van der Waals surface area contributed by atoms with Gasteiger partial charge in [-0.2, -0.15) is 4.40 Å². The Bertz CT molecular complexity index is 493. The molecule has 1 aliphatic heterocycles. The summed E-state index contributed by atoms with van der Waals surface area (Å²) in [6.45, 7) is 16.8. The van der Waals surface area contributed by atoms with Crippen LogP contribution in [0.15, 0.2) is 4.40 Å². The fraction of sp³-hybridized carbons (Fsp3) is 0.882. The van der Waals surface area contributed by atoms with Crippen LogP contribution in [0.5, 0.6) is 0 Å². The molecule has 1 heterocycles. The number of carbonyl (C=O) groups is 1. The van der Waals surface area contributed by atoms with Crippen molar-refractivity contribution >= 4 is 22.8 Å². The highest BCUT2D eigenvalue weighted by Gasteiger charge is 2.36. The minimum atomic E-state index is -1.24. The van der Waals surface area contributed by atoms with E-state index in [1.54, 1.807) is 4.90 Å². The number of likely N-dealkylation sites (tertiary alicyclic amines) is 1. The van der Waals surface area contributed by atoms with Crippen LogP contribution in [-0.4, -0.2) is 44.4 Å². The van der Waals surface area contributed by atoms with Crippen molar-refractivity contribution in [2.24, 2.45) is 9.81 Å². The van der Waals surface area contributed by atoms with Crippen molar-refractivity contribution in [1.82, 2.24) is 4.90 Å². The van der Waals surface area contributed by atoms with Crippen molar-refractivity contribution < 1.29 is 13.7 Å². The number of hydrogen-bond acceptors (Lipinski definition) is 3. The molecule has 6 heteroatoms. The molecule has 1 fully saturated rings. The topological polar surface area (TPSA) is 59.0 Å². The zero-order valence-electron chi connectivity index (χ0n) is 15.9. The Labute approximate surface area is 143 Å². The number of amides is 1. The fourth-order valence-corrected chi connectivity index (χ4v) is 2.99. The molecule has 0 bridgehead atoms. The third-order valence-electron chi connectivity index (χ3n) is 4.14. The smallest absolute Gasteiger partial charge is 0.410 e. The summed E-state index contributed by atoms with van der Waals surface area (Å²) in [5, 5.41) is 0. The predicted octanol–water partition coefficient (Wildman–Crippen LogP) is 3.95. The van der Waals surface area contributed by atoms with Crippen molar-refractivity contribution in [3.05, 3.63) is 0 Å². The lowest BCUT2D eigenvalue weighted by atomic mass is 9.77. The summed E-state index contributed by atoms with van der Waals surface area (Å²) < 4.78 is 21.7. The Morgan fingerprint density at radius 1 is 1.13 bits per heavy atom. The second-order valence-electron chi connectivity index (χ2n) is 8.57. The molecule has 0 aromatic carbocycles. The van der Waals surface area contributed by atoms with Gasteiger partial charge in [-0.25, -0.2) is 9.00 Å². The van der Waals surface area contributed by atoms with Crippen LogP contribution >= 0.6 is 0 Å². The molecule has 5 nitrogen and oxygen atoms in total. The zero-order valence-corrected chi connectivity index (χ0v) is 16.7. The Morgan fingerprint density at radius 2 is 1.61 bits per heavy atom. The standard InChI is InChI=1S/C17H32N2O3S/c1-13(18-23(21)16(5,6)7)17(8)9-11-19(12-10-17)14(20)22-15(2,3)4/h9-12H2,1-8H3/b18-13+/t23-/m1/s1. The first-order valence-electron chi connectivity index (χ1n) is 8.20. The lowest BCUT2D eigenvalue weighted by Gasteiger charge is -2.39. The third-order valence-corrected chi connectivity index (χ3v) is 5.62. The van der Waals surface area contributed by atoms with Crippen molar-refractivity contribution in [2.75, 3.05) is 13.1 Å². The van der Waals surface area contributed by atoms with Gasteiger partial charge in [-0.3, -0.25) is 0 Å². The molecule has 0 unspecified atom stereocenters. The third kappa shape index (κ3) is 5.90. The maximum atomic E-state index is 12.2. The first-order chi connectivity index (χ1) is 10.2. The molecule has 0 radical (unpaired) electrons. The molecule has 1 atom stereocenters. The predicted molar refractivity (Wildman–Crippen MR) is 96.2 cm³/mol. The van der Waals surface area contributed by atoms with Crippen LogP contribution < -0.4 is 0 Å². The van der Waals surface area contributed by atoms with E-state index in [1.165, 1.54) is 0 Å². The minimum absolute atomic E-state index is 0.112. The van der Waals surface area contributed by atoms with Crippen LogP contribution in [0, 0.1) is 5.41 Å². The van der Waals surface area contributed by atoms with Gasteiger partial charge in [0.25, 0.3) is 0 Å². The molecular weight excluding hydrogens is 312 g/mol. The second kappa shape index (κ2) is 6.91. The van der Waals surface area contributed by atoms with Gasteiger partial charge in [0.2, 0.25) is 0 Å². The van der Waals surface area contributed by atoms with E-state index in [0.29, 0.717) is 13.1 Å². The second-order valence-corrected chi connectivity index (χ2v) is 10.5. The molecule has 1 saturated heterocycles. The number of nitrogens with zero attached hydrogens (tertiary/aromatic N) is 2. The summed E-state index contributed by atoms with van der Waals surface area (Å²) in [5.41, 5.74) is 0.327. The van der Waals surface area contributed by atoms with E-state index < -0.39 is 16.6 Å². The Balaban J connectivity index is 2.72. The molecule has 0 N–H and O–H groups in total. The maximum absolute atomic E-state index is 12.2. The Hall–Kier alpha value is -0.910. The van der Waals surface area contributed by atoms with Gasteiger partial charge in [0.05, 0.1) is 4.75 Å². The molecule has 1 rings (SSSR count). The van der Waals surface area contributed by atoms with Crippen LogP contribution in [0.25, 0.3) is 0 Å². The maximum Gasteiger partial charge on any atom is 0.410 e. The van der Waals surface area contributed by atoms with Crippen molar-refractivity contribution in [2.45, 2.75) is 78.6 Å². The first-order valence-corrected chi connectivity index (χ1v) is 9.31. The molecule has 0 aromatic rings. The van der Waals surface area contributed by atoms with E-state index in [9.17, 15) is 9.00 Å². The monoisotopic (exact) mass is 344 g/mol.